The van der Waals surface area contributed by atoms with Crippen LogP contribution in [0, 0.1) is 0 Å². The first-order chi connectivity index (χ1) is 5.74. The fourth-order valence-electron chi connectivity index (χ4n) is 2.00. The van der Waals surface area contributed by atoms with Crippen molar-refractivity contribution >= 4 is 0 Å². The molecular weight excluding hydrogens is 150 g/mol. The minimum Gasteiger partial charge on any atom is -0.393 e. The Labute approximate surface area is 75.6 Å². The molecule has 1 fully saturated rings. The first kappa shape index (κ1) is 10.0. The summed E-state index contributed by atoms with van der Waals surface area (Å²) in [6.45, 7) is 6.45. The zero-order chi connectivity index (χ0) is 8.97. The molecule has 72 valence electrons. The number of rotatable bonds is 4. The van der Waals surface area contributed by atoms with Crippen LogP contribution in [0.4, 0.5) is 0 Å². The third-order valence-corrected chi connectivity index (χ3v) is 2.80. The Morgan fingerprint density at radius 1 is 1.58 bits per heavy atom. The zero-order valence-corrected chi connectivity index (χ0v) is 8.29. The summed E-state index contributed by atoms with van der Waals surface area (Å²) < 4.78 is 0. The monoisotopic (exact) mass is 171 g/mol. The van der Waals surface area contributed by atoms with Gasteiger partial charge in [-0.15, -0.1) is 0 Å². The molecule has 1 aliphatic heterocycles. The molecule has 0 aliphatic carbocycles. The van der Waals surface area contributed by atoms with Crippen molar-refractivity contribution in [3.8, 4) is 0 Å². The standard InChI is InChI=1S/C10H21NO/c1-3-10-5-4-7-11(10)8-6-9(2)12/h9-10,12H,3-8H2,1-2H3. The molecule has 0 bridgehead atoms. The Morgan fingerprint density at radius 3 is 2.92 bits per heavy atom. The molecule has 0 aromatic carbocycles. The van der Waals surface area contributed by atoms with E-state index in [9.17, 15) is 0 Å². The minimum absolute atomic E-state index is 0.136. The molecule has 0 spiro atoms. The maximum atomic E-state index is 9.15. The van der Waals surface area contributed by atoms with Gasteiger partial charge in [0.05, 0.1) is 6.10 Å². The quantitative estimate of drug-likeness (QED) is 0.695. The van der Waals surface area contributed by atoms with Crippen molar-refractivity contribution in [2.75, 3.05) is 13.1 Å². The molecule has 2 atom stereocenters. The lowest BCUT2D eigenvalue weighted by Gasteiger charge is -2.23. The molecule has 2 heteroatoms. The van der Waals surface area contributed by atoms with E-state index in [0.717, 1.165) is 19.0 Å². The maximum Gasteiger partial charge on any atom is 0.0524 e. The second-order valence-corrected chi connectivity index (χ2v) is 3.88. The molecule has 2 unspecified atom stereocenters. The molecule has 1 rings (SSSR count). The predicted octanol–water partition coefficient (Wildman–Crippen LogP) is 1.63. The lowest BCUT2D eigenvalue weighted by atomic mass is 10.1. The smallest absolute Gasteiger partial charge is 0.0524 e. The molecule has 12 heavy (non-hydrogen) atoms. The summed E-state index contributed by atoms with van der Waals surface area (Å²) in [5, 5.41) is 9.15. The fourth-order valence-corrected chi connectivity index (χ4v) is 2.00. The average molecular weight is 171 g/mol. The third-order valence-electron chi connectivity index (χ3n) is 2.80. The summed E-state index contributed by atoms with van der Waals surface area (Å²) in [7, 11) is 0. The van der Waals surface area contributed by atoms with Gasteiger partial charge in [-0.1, -0.05) is 6.92 Å². The van der Waals surface area contributed by atoms with Crippen molar-refractivity contribution in [1.29, 1.82) is 0 Å². The van der Waals surface area contributed by atoms with Gasteiger partial charge in [0.25, 0.3) is 0 Å². The van der Waals surface area contributed by atoms with E-state index < -0.39 is 0 Å². The maximum absolute atomic E-state index is 9.15. The Morgan fingerprint density at radius 2 is 2.33 bits per heavy atom. The highest BCUT2D eigenvalue weighted by Crippen LogP contribution is 2.19. The van der Waals surface area contributed by atoms with Crippen LogP contribution < -0.4 is 0 Å². The first-order valence-corrected chi connectivity index (χ1v) is 5.16. The molecule has 1 N–H and O–H groups in total. The highest BCUT2D eigenvalue weighted by Gasteiger charge is 2.22. The first-order valence-electron chi connectivity index (χ1n) is 5.16. The van der Waals surface area contributed by atoms with E-state index >= 15 is 0 Å². The summed E-state index contributed by atoms with van der Waals surface area (Å²) in [6, 6.07) is 0.795. The molecule has 0 radical (unpaired) electrons. The SMILES string of the molecule is CCC1CCCN1CCC(C)O. The van der Waals surface area contributed by atoms with Gasteiger partial charge in [-0.05, 0) is 39.2 Å². The van der Waals surface area contributed by atoms with Gasteiger partial charge in [0, 0.05) is 12.6 Å². The van der Waals surface area contributed by atoms with Crippen molar-refractivity contribution in [1.82, 2.24) is 4.90 Å². The van der Waals surface area contributed by atoms with Crippen LogP contribution in [0.1, 0.15) is 39.5 Å². The Bertz CT molecular complexity index is 125. The van der Waals surface area contributed by atoms with Gasteiger partial charge in [-0.3, -0.25) is 0 Å². The summed E-state index contributed by atoms with van der Waals surface area (Å²) in [4.78, 5) is 2.52. The van der Waals surface area contributed by atoms with E-state index in [0.29, 0.717) is 0 Å². The van der Waals surface area contributed by atoms with Crippen LogP contribution in [-0.2, 0) is 0 Å². The average Bonchev–Trinajstić information content (AvgIpc) is 2.47. The zero-order valence-electron chi connectivity index (χ0n) is 8.29. The highest BCUT2D eigenvalue weighted by molar-refractivity contribution is 4.77. The number of hydrogen-bond acceptors (Lipinski definition) is 2. The number of likely N-dealkylation sites (tertiary alicyclic amines) is 1. The van der Waals surface area contributed by atoms with E-state index in [1.165, 1.54) is 25.8 Å². The normalized spacial score (nSPS) is 27.8. The van der Waals surface area contributed by atoms with Crippen molar-refractivity contribution < 1.29 is 5.11 Å². The van der Waals surface area contributed by atoms with Gasteiger partial charge in [-0.25, -0.2) is 0 Å². The minimum atomic E-state index is -0.136. The molecular formula is C10H21NO. The van der Waals surface area contributed by atoms with Gasteiger partial charge >= 0.3 is 0 Å². The number of nitrogens with zero attached hydrogens (tertiary/aromatic N) is 1. The Balaban J connectivity index is 2.21. The van der Waals surface area contributed by atoms with Crippen LogP contribution in [-0.4, -0.2) is 35.2 Å². The van der Waals surface area contributed by atoms with Gasteiger partial charge in [0.15, 0.2) is 0 Å². The van der Waals surface area contributed by atoms with Crippen LogP contribution in [0.2, 0.25) is 0 Å². The van der Waals surface area contributed by atoms with Crippen LogP contribution in [0.3, 0.4) is 0 Å². The van der Waals surface area contributed by atoms with E-state index in [-0.39, 0.29) is 6.10 Å². The predicted molar refractivity (Wildman–Crippen MR) is 51.2 cm³/mol. The lowest BCUT2D eigenvalue weighted by Crippen LogP contribution is -2.31. The summed E-state index contributed by atoms with van der Waals surface area (Å²) in [5.74, 6) is 0. The van der Waals surface area contributed by atoms with Crippen LogP contribution >= 0.6 is 0 Å². The highest BCUT2D eigenvalue weighted by atomic mass is 16.3. The van der Waals surface area contributed by atoms with Crippen LogP contribution in [0.25, 0.3) is 0 Å². The van der Waals surface area contributed by atoms with E-state index in [4.69, 9.17) is 5.11 Å². The topological polar surface area (TPSA) is 23.5 Å². The Hall–Kier alpha value is -0.0800. The summed E-state index contributed by atoms with van der Waals surface area (Å²) >= 11 is 0. The number of hydrogen-bond donors (Lipinski definition) is 1. The van der Waals surface area contributed by atoms with Crippen LogP contribution in [0.15, 0.2) is 0 Å². The third kappa shape index (κ3) is 2.76. The van der Waals surface area contributed by atoms with Crippen LogP contribution in [0.5, 0.6) is 0 Å². The van der Waals surface area contributed by atoms with Crippen molar-refractivity contribution in [2.24, 2.45) is 0 Å². The van der Waals surface area contributed by atoms with Gasteiger partial charge in [-0.2, -0.15) is 0 Å². The van der Waals surface area contributed by atoms with E-state index in [1.807, 2.05) is 6.92 Å². The fraction of sp³-hybridized carbons (Fsp3) is 1.00. The second-order valence-electron chi connectivity index (χ2n) is 3.88. The second kappa shape index (κ2) is 4.83. The van der Waals surface area contributed by atoms with Crippen molar-refractivity contribution in [3.05, 3.63) is 0 Å². The lowest BCUT2D eigenvalue weighted by molar-refractivity contribution is 0.150. The van der Waals surface area contributed by atoms with E-state index in [2.05, 4.69) is 11.8 Å². The van der Waals surface area contributed by atoms with Crippen molar-refractivity contribution in [2.45, 2.75) is 51.7 Å². The van der Waals surface area contributed by atoms with Gasteiger partial charge in [0.2, 0.25) is 0 Å². The van der Waals surface area contributed by atoms with Gasteiger partial charge < -0.3 is 10.0 Å². The van der Waals surface area contributed by atoms with Gasteiger partial charge in [0.1, 0.15) is 0 Å². The molecule has 0 aromatic rings. The largest absolute Gasteiger partial charge is 0.393 e. The molecule has 0 saturated carbocycles. The summed E-state index contributed by atoms with van der Waals surface area (Å²) in [6.07, 6.45) is 4.76. The molecule has 1 aliphatic rings. The number of aliphatic hydroxyl groups is 1. The Kier molecular flexibility index (Phi) is 4.02. The van der Waals surface area contributed by atoms with E-state index in [1.54, 1.807) is 0 Å². The molecule has 2 nitrogen and oxygen atoms in total. The molecule has 1 heterocycles. The summed E-state index contributed by atoms with van der Waals surface area (Å²) in [5.41, 5.74) is 0. The number of aliphatic hydroxyl groups excluding tert-OH is 1. The molecule has 0 amide bonds. The molecule has 0 aromatic heterocycles. The molecule has 1 saturated heterocycles. The van der Waals surface area contributed by atoms with Crippen molar-refractivity contribution in [3.63, 3.8) is 0 Å².